The molecule has 19 heavy (non-hydrogen) atoms. The Morgan fingerprint density at radius 2 is 1.68 bits per heavy atom. The molecule has 2 aromatic rings. The van der Waals surface area contributed by atoms with E-state index in [0.29, 0.717) is 0 Å². The zero-order valence-corrected chi connectivity index (χ0v) is 11.1. The highest BCUT2D eigenvalue weighted by Gasteiger charge is 2.05. The van der Waals surface area contributed by atoms with Crippen molar-refractivity contribution in [1.82, 2.24) is 0 Å². The minimum absolute atomic E-state index is 0.202. The molecule has 0 aliphatic rings. The van der Waals surface area contributed by atoms with Gasteiger partial charge in [0.05, 0.1) is 7.11 Å². The van der Waals surface area contributed by atoms with Gasteiger partial charge in [-0.15, -0.1) is 0 Å². The lowest BCUT2D eigenvalue weighted by Gasteiger charge is -2.16. The molecule has 0 aromatic heterocycles. The number of anilines is 1. The van der Waals surface area contributed by atoms with Crippen molar-refractivity contribution in [3.63, 3.8) is 0 Å². The highest BCUT2D eigenvalue weighted by molar-refractivity contribution is 5.48. The minimum Gasteiger partial charge on any atom is -0.497 e. The molecule has 0 aliphatic heterocycles. The lowest BCUT2D eigenvalue weighted by Crippen LogP contribution is -2.17. The SMILES string of the molecule is COc1ccc(NC(C)c2ccc(C#[NH+])cc2)cc1. The van der Waals surface area contributed by atoms with Gasteiger partial charge in [-0.05, 0) is 48.9 Å². The first-order chi connectivity index (χ1) is 9.22. The molecule has 0 spiro atoms. The molecule has 0 fully saturated rings. The summed E-state index contributed by atoms with van der Waals surface area (Å²) in [4.78, 5) is 0. The van der Waals surface area contributed by atoms with Crippen LogP contribution in [0.25, 0.3) is 0 Å². The molecule has 0 amide bonds. The summed E-state index contributed by atoms with van der Waals surface area (Å²) in [7, 11) is 1.66. The van der Waals surface area contributed by atoms with Crippen LogP contribution in [0.1, 0.15) is 24.1 Å². The van der Waals surface area contributed by atoms with Crippen molar-refractivity contribution in [2.24, 2.45) is 0 Å². The third-order valence-corrected chi connectivity index (χ3v) is 3.03. The van der Waals surface area contributed by atoms with E-state index in [1.807, 2.05) is 48.5 Å². The van der Waals surface area contributed by atoms with Gasteiger partial charge in [0.2, 0.25) is 0 Å². The zero-order chi connectivity index (χ0) is 13.7. The van der Waals surface area contributed by atoms with E-state index in [9.17, 15) is 0 Å². The molecule has 0 saturated heterocycles. The Hall–Kier alpha value is -2.47. The minimum atomic E-state index is 0.202. The molecule has 0 heterocycles. The first-order valence-corrected chi connectivity index (χ1v) is 6.16. The number of rotatable bonds is 4. The molecule has 3 nitrogen and oxygen atoms in total. The van der Waals surface area contributed by atoms with Crippen molar-refractivity contribution in [2.75, 3.05) is 12.4 Å². The van der Waals surface area contributed by atoms with E-state index in [-0.39, 0.29) is 6.04 Å². The molecular formula is C16H17N2O+. The molecular weight excluding hydrogens is 236 g/mol. The monoisotopic (exact) mass is 253 g/mol. The Morgan fingerprint density at radius 1 is 1.05 bits per heavy atom. The smallest absolute Gasteiger partial charge is 0.308 e. The topological polar surface area (TPSA) is 45.1 Å². The molecule has 1 unspecified atom stereocenters. The standard InChI is InChI=1S/C16H16N2O/c1-12(14-5-3-13(11-17)4-6-14)18-15-7-9-16(19-2)10-8-15/h3-10,12,18H,1-2H3/p+1. The van der Waals surface area contributed by atoms with Gasteiger partial charge < -0.3 is 10.1 Å². The quantitative estimate of drug-likeness (QED) is 0.875. The summed E-state index contributed by atoms with van der Waals surface area (Å²) in [6.07, 6.45) is 0. The van der Waals surface area contributed by atoms with Crippen LogP contribution in [0.4, 0.5) is 5.69 Å². The number of methoxy groups -OCH3 is 1. The van der Waals surface area contributed by atoms with Crippen molar-refractivity contribution in [1.29, 1.82) is 0 Å². The van der Waals surface area contributed by atoms with E-state index in [1.165, 1.54) is 5.56 Å². The van der Waals surface area contributed by atoms with Crippen molar-refractivity contribution in [2.45, 2.75) is 13.0 Å². The average Bonchev–Trinajstić information content (AvgIpc) is 2.48. The van der Waals surface area contributed by atoms with Crippen molar-refractivity contribution >= 4 is 5.69 Å². The molecule has 96 valence electrons. The molecule has 2 aromatic carbocycles. The molecule has 2 rings (SSSR count). The fourth-order valence-electron chi connectivity index (χ4n) is 1.88. The van der Waals surface area contributed by atoms with Gasteiger partial charge in [-0.3, -0.25) is 0 Å². The molecule has 0 aliphatic carbocycles. The van der Waals surface area contributed by atoms with Crippen LogP contribution >= 0.6 is 0 Å². The Balaban J connectivity index is 2.06. The number of hydrogen-bond donors (Lipinski definition) is 2. The van der Waals surface area contributed by atoms with Crippen molar-refractivity contribution in [3.05, 3.63) is 59.7 Å². The van der Waals surface area contributed by atoms with Gasteiger partial charge in [-0.25, -0.2) is 0 Å². The second-order valence-corrected chi connectivity index (χ2v) is 4.34. The summed E-state index contributed by atoms with van der Waals surface area (Å²) < 4.78 is 5.13. The van der Waals surface area contributed by atoms with Gasteiger partial charge in [0.25, 0.3) is 0 Å². The highest BCUT2D eigenvalue weighted by atomic mass is 16.5. The Bertz CT molecular complexity index is 567. The summed E-state index contributed by atoms with van der Waals surface area (Å²) in [6, 6.07) is 18.2. The summed E-state index contributed by atoms with van der Waals surface area (Å²) in [5.74, 6) is 0.851. The summed E-state index contributed by atoms with van der Waals surface area (Å²) in [5, 5.41) is 10.5. The first kappa shape index (κ1) is 13.0. The number of ether oxygens (including phenoxy) is 1. The second kappa shape index (κ2) is 5.92. The third-order valence-electron chi connectivity index (χ3n) is 3.03. The van der Waals surface area contributed by atoms with Crippen molar-refractivity contribution in [3.8, 4) is 11.8 Å². The average molecular weight is 253 g/mol. The molecule has 0 saturated carbocycles. The molecule has 0 bridgehead atoms. The predicted molar refractivity (Wildman–Crippen MR) is 75.4 cm³/mol. The van der Waals surface area contributed by atoms with E-state index < -0.39 is 0 Å². The van der Waals surface area contributed by atoms with Crippen LogP contribution < -0.4 is 15.3 Å². The van der Waals surface area contributed by atoms with Crippen LogP contribution in [-0.4, -0.2) is 7.11 Å². The summed E-state index contributed by atoms with van der Waals surface area (Å²) in [6.45, 7) is 2.10. The summed E-state index contributed by atoms with van der Waals surface area (Å²) >= 11 is 0. The Kier molecular flexibility index (Phi) is 4.04. The maximum atomic E-state index is 7.06. The van der Waals surface area contributed by atoms with E-state index in [1.54, 1.807) is 7.11 Å². The predicted octanol–water partition coefficient (Wildman–Crippen LogP) is 1.99. The second-order valence-electron chi connectivity index (χ2n) is 4.34. The van der Waals surface area contributed by atoms with Gasteiger partial charge in [-0.1, -0.05) is 17.4 Å². The van der Waals surface area contributed by atoms with E-state index in [0.717, 1.165) is 17.0 Å². The van der Waals surface area contributed by atoms with Gasteiger partial charge in [-0.2, -0.15) is 0 Å². The number of benzene rings is 2. The highest BCUT2D eigenvalue weighted by Crippen LogP contribution is 2.21. The first-order valence-electron chi connectivity index (χ1n) is 6.16. The van der Waals surface area contributed by atoms with Crippen LogP contribution in [-0.2, 0) is 0 Å². The number of nitrogens with one attached hydrogen (secondary N) is 2. The van der Waals surface area contributed by atoms with Gasteiger partial charge >= 0.3 is 6.07 Å². The molecule has 0 radical (unpaired) electrons. The van der Waals surface area contributed by atoms with E-state index in [4.69, 9.17) is 10.00 Å². The normalized spacial score (nSPS) is 11.4. The molecule has 2 N–H and O–H groups in total. The van der Waals surface area contributed by atoms with E-state index >= 15 is 0 Å². The van der Waals surface area contributed by atoms with Gasteiger partial charge in [0.15, 0.2) is 0 Å². The van der Waals surface area contributed by atoms with Gasteiger partial charge in [0.1, 0.15) is 11.3 Å². The maximum absolute atomic E-state index is 7.06. The van der Waals surface area contributed by atoms with Crippen LogP contribution in [0.5, 0.6) is 5.75 Å². The zero-order valence-electron chi connectivity index (χ0n) is 11.1. The van der Waals surface area contributed by atoms with Gasteiger partial charge in [0, 0.05) is 11.7 Å². The van der Waals surface area contributed by atoms with Crippen LogP contribution in [0.2, 0.25) is 0 Å². The summed E-state index contributed by atoms with van der Waals surface area (Å²) in [5.41, 5.74) is 3.02. The lowest BCUT2D eigenvalue weighted by atomic mass is 10.1. The lowest BCUT2D eigenvalue weighted by molar-refractivity contribution is -0.0909. The maximum Gasteiger partial charge on any atom is 0.308 e. The van der Waals surface area contributed by atoms with Crippen LogP contribution in [0.3, 0.4) is 0 Å². The number of hydrogen-bond acceptors (Lipinski definition) is 2. The molecule has 1 atom stereocenters. The molecule has 3 heteroatoms. The van der Waals surface area contributed by atoms with Crippen LogP contribution in [0.15, 0.2) is 48.5 Å². The fraction of sp³-hybridized carbons (Fsp3) is 0.188. The third kappa shape index (κ3) is 3.26. The fourth-order valence-corrected chi connectivity index (χ4v) is 1.88. The van der Waals surface area contributed by atoms with Crippen molar-refractivity contribution < 1.29 is 10.00 Å². The van der Waals surface area contributed by atoms with Crippen LogP contribution in [0, 0.1) is 6.07 Å². The largest absolute Gasteiger partial charge is 0.497 e. The Morgan fingerprint density at radius 3 is 2.21 bits per heavy atom. The Labute approximate surface area is 113 Å². The van der Waals surface area contributed by atoms with E-state index in [2.05, 4.69) is 18.3 Å².